The Morgan fingerprint density at radius 1 is 1.17 bits per heavy atom. The molecule has 0 unspecified atom stereocenters. The van der Waals surface area contributed by atoms with Gasteiger partial charge in [-0.05, 0) is 44.9 Å². The molecule has 148 valence electrons. The van der Waals surface area contributed by atoms with E-state index in [1.54, 1.807) is 6.07 Å². The van der Waals surface area contributed by atoms with Crippen molar-refractivity contribution in [2.24, 2.45) is 0 Å². The van der Waals surface area contributed by atoms with Crippen LogP contribution in [-0.2, 0) is 12.8 Å². The van der Waals surface area contributed by atoms with Crippen LogP contribution in [0.1, 0.15) is 77.1 Å². The van der Waals surface area contributed by atoms with Crippen molar-refractivity contribution >= 4 is 11.7 Å². The number of carbonyl (C=O) groups is 1. The van der Waals surface area contributed by atoms with Crippen molar-refractivity contribution in [1.29, 1.82) is 0 Å². The number of H-pyrrole nitrogens is 1. The molecule has 3 aromatic rings. The van der Waals surface area contributed by atoms with E-state index < -0.39 is 0 Å². The standard InChI is InChI=1S/C20H20N6O3/c27-18-12-2-1-3-13(12)21-20(23-18)26-17(9-14(24-26)10-4-5-10)22-19(28)15-8-16(29-25-15)11-6-7-11/h8-11H,1-7H2,(H,22,28)(H,21,23,27). The summed E-state index contributed by atoms with van der Waals surface area (Å²) >= 11 is 0. The Hall–Kier alpha value is -3.23. The van der Waals surface area contributed by atoms with Crippen LogP contribution in [0.4, 0.5) is 5.82 Å². The van der Waals surface area contributed by atoms with Gasteiger partial charge in [0, 0.05) is 29.5 Å². The molecule has 0 aliphatic heterocycles. The first-order chi connectivity index (χ1) is 14.2. The number of anilines is 1. The second-order valence-corrected chi connectivity index (χ2v) is 8.15. The molecule has 0 bridgehead atoms. The highest BCUT2D eigenvalue weighted by molar-refractivity contribution is 6.02. The molecule has 0 saturated heterocycles. The number of nitrogens with one attached hydrogen (secondary N) is 2. The average Bonchev–Trinajstić information content (AvgIpc) is 3.60. The van der Waals surface area contributed by atoms with E-state index in [4.69, 9.17) is 4.52 Å². The van der Waals surface area contributed by atoms with Gasteiger partial charge in [0.05, 0.1) is 11.4 Å². The molecule has 3 heterocycles. The first-order valence-corrected chi connectivity index (χ1v) is 10.2. The van der Waals surface area contributed by atoms with Crippen molar-refractivity contribution in [2.45, 2.75) is 56.8 Å². The molecule has 2 saturated carbocycles. The molecule has 2 fully saturated rings. The van der Waals surface area contributed by atoms with E-state index >= 15 is 0 Å². The van der Waals surface area contributed by atoms with Crippen LogP contribution in [0.15, 0.2) is 21.5 Å². The number of amides is 1. The van der Waals surface area contributed by atoms with E-state index in [2.05, 4.69) is 25.5 Å². The highest BCUT2D eigenvalue weighted by atomic mass is 16.5. The molecule has 1 amide bonds. The first-order valence-electron chi connectivity index (χ1n) is 10.2. The molecule has 3 aliphatic carbocycles. The fourth-order valence-electron chi connectivity index (χ4n) is 3.89. The van der Waals surface area contributed by atoms with Gasteiger partial charge >= 0.3 is 0 Å². The molecular weight excluding hydrogens is 372 g/mol. The van der Waals surface area contributed by atoms with E-state index in [1.165, 1.54) is 4.68 Å². The van der Waals surface area contributed by atoms with Crippen LogP contribution in [0.2, 0.25) is 0 Å². The number of hydrogen-bond donors (Lipinski definition) is 2. The van der Waals surface area contributed by atoms with Crippen LogP contribution in [0, 0.1) is 0 Å². The Kier molecular flexibility index (Phi) is 3.53. The van der Waals surface area contributed by atoms with Crippen LogP contribution >= 0.6 is 0 Å². The Bertz CT molecular complexity index is 1180. The number of aromatic amines is 1. The molecule has 6 rings (SSSR count). The van der Waals surface area contributed by atoms with Crippen molar-refractivity contribution in [1.82, 2.24) is 24.9 Å². The van der Waals surface area contributed by atoms with Gasteiger partial charge in [0.25, 0.3) is 11.5 Å². The summed E-state index contributed by atoms with van der Waals surface area (Å²) in [7, 11) is 0. The van der Waals surface area contributed by atoms with Gasteiger partial charge in [0.1, 0.15) is 11.6 Å². The highest BCUT2D eigenvalue weighted by Crippen LogP contribution is 2.41. The first kappa shape index (κ1) is 16.7. The Balaban J connectivity index is 1.35. The van der Waals surface area contributed by atoms with Gasteiger partial charge in [0.15, 0.2) is 5.69 Å². The van der Waals surface area contributed by atoms with Gasteiger partial charge in [-0.2, -0.15) is 9.78 Å². The predicted molar refractivity (Wildman–Crippen MR) is 102 cm³/mol. The lowest BCUT2D eigenvalue weighted by molar-refractivity contribution is 0.101. The van der Waals surface area contributed by atoms with Gasteiger partial charge in [0.2, 0.25) is 5.95 Å². The number of aryl methyl sites for hydroxylation is 1. The number of fused-ring (bicyclic) bond motifs is 1. The molecule has 3 aliphatic rings. The molecule has 9 nitrogen and oxygen atoms in total. The van der Waals surface area contributed by atoms with E-state index in [1.807, 2.05) is 6.07 Å². The Morgan fingerprint density at radius 3 is 2.79 bits per heavy atom. The summed E-state index contributed by atoms with van der Waals surface area (Å²) in [5.41, 5.74) is 2.57. The largest absolute Gasteiger partial charge is 0.360 e. The van der Waals surface area contributed by atoms with Gasteiger partial charge < -0.3 is 9.84 Å². The fraction of sp³-hybridized carbons (Fsp3) is 0.450. The molecular formula is C20H20N6O3. The van der Waals surface area contributed by atoms with Crippen LogP contribution in [0.3, 0.4) is 0 Å². The van der Waals surface area contributed by atoms with Gasteiger partial charge in [-0.25, -0.2) is 4.98 Å². The molecule has 2 N–H and O–H groups in total. The second kappa shape index (κ2) is 6.13. The number of carbonyl (C=O) groups excluding carboxylic acids is 1. The van der Waals surface area contributed by atoms with Crippen LogP contribution in [0.25, 0.3) is 5.95 Å². The zero-order chi connectivity index (χ0) is 19.5. The molecule has 0 atom stereocenters. The van der Waals surface area contributed by atoms with E-state index in [-0.39, 0.29) is 17.2 Å². The summed E-state index contributed by atoms with van der Waals surface area (Å²) in [5, 5.41) is 11.4. The Morgan fingerprint density at radius 2 is 2.00 bits per heavy atom. The average molecular weight is 392 g/mol. The van der Waals surface area contributed by atoms with Crippen molar-refractivity contribution in [3.05, 3.63) is 50.9 Å². The zero-order valence-electron chi connectivity index (χ0n) is 15.8. The van der Waals surface area contributed by atoms with Gasteiger partial charge in [-0.3, -0.25) is 14.6 Å². The third kappa shape index (κ3) is 2.97. The van der Waals surface area contributed by atoms with Crippen molar-refractivity contribution in [3.63, 3.8) is 0 Å². The molecule has 0 spiro atoms. The normalized spacial score (nSPS) is 18.1. The third-order valence-electron chi connectivity index (χ3n) is 5.84. The van der Waals surface area contributed by atoms with Crippen molar-refractivity contribution in [2.75, 3.05) is 5.32 Å². The fourth-order valence-corrected chi connectivity index (χ4v) is 3.89. The molecule has 0 aromatic carbocycles. The number of rotatable bonds is 5. The minimum absolute atomic E-state index is 0.131. The summed E-state index contributed by atoms with van der Waals surface area (Å²) in [6, 6.07) is 3.55. The molecule has 3 aromatic heterocycles. The maximum absolute atomic E-state index is 12.7. The molecule has 9 heteroatoms. The zero-order valence-corrected chi connectivity index (χ0v) is 15.8. The minimum Gasteiger partial charge on any atom is -0.360 e. The van der Waals surface area contributed by atoms with Gasteiger partial charge in [-0.15, -0.1) is 0 Å². The third-order valence-corrected chi connectivity index (χ3v) is 5.84. The van der Waals surface area contributed by atoms with Crippen LogP contribution < -0.4 is 10.9 Å². The summed E-state index contributed by atoms with van der Waals surface area (Å²) in [4.78, 5) is 32.6. The Labute approximate surface area is 165 Å². The SMILES string of the molecule is O=C(Nc1cc(C2CC2)nn1-c1nc2c(c(=O)[nH]1)CCC2)c1cc(C2CC2)on1. The van der Waals surface area contributed by atoms with E-state index in [0.29, 0.717) is 23.6 Å². The maximum atomic E-state index is 12.7. The summed E-state index contributed by atoms with van der Waals surface area (Å²) in [5.74, 6) is 1.96. The van der Waals surface area contributed by atoms with Crippen LogP contribution in [-0.4, -0.2) is 30.8 Å². The monoisotopic (exact) mass is 392 g/mol. The predicted octanol–water partition coefficient (Wildman–Crippen LogP) is 2.44. The molecule has 29 heavy (non-hydrogen) atoms. The summed E-state index contributed by atoms with van der Waals surface area (Å²) < 4.78 is 6.81. The number of aromatic nitrogens is 5. The van der Waals surface area contributed by atoms with E-state index in [0.717, 1.165) is 67.7 Å². The lowest BCUT2D eigenvalue weighted by Gasteiger charge is -2.08. The van der Waals surface area contributed by atoms with Crippen LogP contribution in [0.5, 0.6) is 0 Å². The van der Waals surface area contributed by atoms with Gasteiger partial charge in [-0.1, -0.05) is 5.16 Å². The smallest absolute Gasteiger partial charge is 0.279 e. The lowest BCUT2D eigenvalue weighted by atomic mass is 10.2. The van der Waals surface area contributed by atoms with E-state index in [9.17, 15) is 9.59 Å². The van der Waals surface area contributed by atoms with Crippen molar-refractivity contribution in [3.8, 4) is 5.95 Å². The number of nitrogens with zero attached hydrogens (tertiary/aromatic N) is 4. The second-order valence-electron chi connectivity index (χ2n) is 8.15. The highest BCUT2D eigenvalue weighted by Gasteiger charge is 2.31. The number of hydrogen-bond acceptors (Lipinski definition) is 6. The maximum Gasteiger partial charge on any atom is 0.279 e. The van der Waals surface area contributed by atoms with Crippen molar-refractivity contribution < 1.29 is 9.32 Å². The quantitative estimate of drug-likeness (QED) is 0.688. The minimum atomic E-state index is -0.368. The summed E-state index contributed by atoms with van der Waals surface area (Å²) in [6.45, 7) is 0. The lowest BCUT2D eigenvalue weighted by Crippen LogP contribution is -2.21. The molecule has 0 radical (unpaired) electrons. The topological polar surface area (TPSA) is 119 Å². The summed E-state index contributed by atoms with van der Waals surface area (Å²) in [6.07, 6.45) is 6.77.